The lowest BCUT2D eigenvalue weighted by molar-refractivity contribution is -0.0341. The summed E-state index contributed by atoms with van der Waals surface area (Å²) < 4.78 is 47.6. The quantitative estimate of drug-likeness (QED) is 0.591. The molecular formula is C6H7F4N. The van der Waals surface area contributed by atoms with Gasteiger partial charge in [0.2, 0.25) is 6.43 Å². The molecular weight excluding hydrogens is 162 g/mol. The number of hydrogen-bond donors (Lipinski definition) is 0. The molecule has 0 aromatic rings. The highest BCUT2D eigenvalue weighted by Crippen LogP contribution is 2.31. The summed E-state index contributed by atoms with van der Waals surface area (Å²) in [5.74, 6) is 0. The van der Waals surface area contributed by atoms with Crippen LogP contribution in [-0.4, -0.2) is 19.8 Å². The zero-order valence-corrected chi connectivity index (χ0v) is 5.66. The highest BCUT2D eigenvalue weighted by atomic mass is 19.3. The number of rotatable bonds is 4. The molecule has 5 heteroatoms. The summed E-state index contributed by atoms with van der Waals surface area (Å²) in [6, 6.07) is 1.33. The molecule has 0 saturated carbocycles. The Labute approximate surface area is 61.6 Å². The zero-order chi connectivity index (χ0) is 8.91. The lowest BCUT2D eigenvalue weighted by Crippen LogP contribution is -2.33. The van der Waals surface area contributed by atoms with E-state index in [-0.39, 0.29) is 0 Å². The van der Waals surface area contributed by atoms with Crippen LogP contribution in [0.25, 0.3) is 0 Å². The highest BCUT2D eigenvalue weighted by Gasteiger charge is 2.40. The van der Waals surface area contributed by atoms with Crippen LogP contribution in [0, 0.1) is 16.7 Å². The fraction of sp³-hybridized carbons (Fsp3) is 0.833. The summed E-state index contributed by atoms with van der Waals surface area (Å²) in [5, 5.41) is 8.00. The molecule has 0 radical (unpaired) electrons. The molecule has 0 aliphatic heterocycles. The standard InChI is InChI=1S/C6H7F4N/c7-3-6(4-8,1-2-11)5(9)10/h5H,1,3-4H2. The van der Waals surface area contributed by atoms with E-state index in [4.69, 9.17) is 5.26 Å². The van der Waals surface area contributed by atoms with Crippen LogP contribution in [0.15, 0.2) is 0 Å². The minimum absolute atomic E-state index is 0.794. The average molecular weight is 169 g/mol. The third-order valence-electron chi connectivity index (χ3n) is 1.43. The molecule has 0 heterocycles. The van der Waals surface area contributed by atoms with E-state index in [1.807, 2.05) is 0 Å². The molecule has 1 nitrogen and oxygen atoms in total. The number of nitrogens with zero attached hydrogens (tertiary/aromatic N) is 1. The van der Waals surface area contributed by atoms with E-state index in [1.54, 1.807) is 0 Å². The maximum Gasteiger partial charge on any atom is 0.250 e. The molecule has 11 heavy (non-hydrogen) atoms. The van der Waals surface area contributed by atoms with Gasteiger partial charge in [0.25, 0.3) is 0 Å². The maximum absolute atomic E-state index is 11.9. The fourth-order valence-electron chi connectivity index (χ4n) is 0.481. The van der Waals surface area contributed by atoms with Crippen molar-refractivity contribution in [2.75, 3.05) is 13.3 Å². The summed E-state index contributed by atoms with van der Waals surface area (Å²) in [6.45, 7) is -3.01. The summed E-state index contributed by atoms with van der Waals surface area (Å²) in [7, 11) is 0. The maximum atomic E-state index is 11.9. The van der Waals surface area contributed by atoms with Crippen LogP contribution >= 0.6 is 0 Å². The van der Waals surface area contributed by atoms with Gasteiger partial charge in [0.05, 0.1) is 12.5 Å². The largest absolute Gasteiger partial charge is 0.250 e. The first-order valence-electron chi connectivity index (χ1n) is 2.90. The molecule has 0 saturated heterocycles. The highest BCUT2D eigenvalue weighted by molar-refractivity contribution is 4.90. The first-order chi connectivity index (χ1) is 5.13. The van der Waals surface area contributed by atoms with Gasteiger partial charge in [0.15, 0.2) is 0 Å². The van der Waals surface area contributed by atoms with Crippen LogP contribution in [0.4, 0.5) is 17.6 Å². The number of halogens is 4. The SMILES string of the molecule is N#CCC(CF)(CF)C(F)F. The van der Waals surface area contributed by atoms with Gasteiger partial charge in [-0.05, 0) is 0 Å². The van der Waals surface area contributed by atoms with Crippen molar-refractivity contribution in [3.63, 3.8) is 0 Å². The average Bonchev–Trinajstić information content (AvgIpc) is 2.00. The van der Waals surface area contributed by atoms with Crippen molar-refractivity contribution in [2.45, 2.75) is 12.8 Å². The van der Waals surface area contributed by atoms with Crippen molar-refractivity contribution in [3.8, 4) is 6.07 Å². The van der Waals surface area contributed by atoms with E-state index in [2.05, 4.69) is 0 Å². The molecule has 0 bridgehead atoms. The molecule has 64 valence electrons. The van der Waals surface area contributed by atoms with Crippen LogP contribution in [0.2, 0.25) is 0 Å². The normalized spacial score (nSPS) is 11.6. The predicted molar refractivity (Wildman–Crippen MR) is 30.6 cm³/mol. The minimum Gasteiger partial charge on any atom is -0.250 e. The Balaban J connectivity index is 4.35. The Morgan fingerprint density at radius 2 is 1.73 bits per heavy atom. The van der Waals surface area contributed by atoms with Gasteiger partial charge in [-0.2, -0.15) is 5.26 Å². The number of alkyl halides is 4. The molecule has 0 aliphatic carbocycles. The number of nitriles is 1. The second kappa shape index (κ2) is 4.16. The summed E-state index contributed by atoms with van der Waals surface area (Å²) in [5.41, 5.74) is -2.39. The van der Waals surface area contributed by atoms with Gasteiger partial charge in [0.1, 0.15) is 18.8 Å². The third-order valence-corrected chi connectivity index (χ3v) is 1.43. The zero-order valence-electron chi connectivity index (χ0n) is 5.66. The second-order valence-corrected chi connectivity index (χ2v) is 2.27. The van der Waals surface area contributed by atoms with Crippen molar-refractivity contribution in [1.29, 1.82) is 5.26 Å². The molecule has 0 rings (SSSR count). The van der Waals surface area contributed by atoms with Crippen molar-refractivity contribution in [3.05, 3.63) is 0 Å². The minimum atomic E-state index is -3.13. The van der Waals surface area contributed by atoms with E-state index >= 15 is 0 Å². The fourth-order valence-corrected chi connectivity index (χ4v) is 0.481. The second-order valence-electron chi connectivity index (χ2n) is 2.27. The Morgan fingerprint density at radius 3 is 1.82 bits per heavy atom. The Kier molecular flexibility index (Phi) is 3.86. The van der Waals surface area contributed by atoms with Crippen LogP contribution < -0.4 is 0 Å². The molecule has 0 amide bonds. The monoisotopic (exact) mass is 169 g/mol. The van der Waals surface area contributed by atoms with Gasteiger partial charge < -0.3 is 0 Å². The van der Waals surface area contributed by atoms with E-state index in [9.17, 15) is 17.6 Å². The van der Waals surface area contributed by atoms with Gasteiger partial charge in [-0.3, -0.25) is 8.78 Å². The lowest BCUT2D eigenvalue weighted by Gasteiger charge is -2.22. The van der Waals surface area contributed by atoms with Crippen LogP contribution in [0.1, 0.15) is 6.42 Å². The van der Waals surface area contributed by atoms with Gasteiger partial charge in [-0.15, -0.1) is 0 Å². The topological polar surface area (TPSA) is 23.8 Å². The lowest BCUT2D eigenvalue weighted by atomic mass is 9.89. The van der Waals surface area contributed by atoms with Crippen LogP contribution in [0.5, 0.6) is 0 Å². The molecule has 0 unspecified atom stereocenters. The van der Waals surface area contributed by atoms with E-state index in [0.29, 0.717) is 0 Å². The van der Waals surface area contributed by atoms with Crippen LogP contribution in [0.3, 0.4) is 0 Å². The van der Waals surface area contributed by atoms with Gasteiger partial charge in [-0.1, -0.05) is 0 Å². The number of hydrogen-bond acceptors (Lipinski definition) is 1. The van der Waals surface area contributed by atoms with E-state index in [0.717, 1.165) is 0 Å². The molecule has 0 fully saturated rings. The smallest absolute Gasteiger partial charge is 0.250 e. The molecule has 0 N–H and O–H groups in total. The van der Waals surface area contributed by atoms with Gasteiger partial charge >= 0.3 is 0 Å². The summed E-state index contributed by atoms with van der Waals surface area (Å²) in [6.07, 6.45) is -3.92. The first-order valence-corrected chi connectivity index (χ1v) is 2.90. The molecule has 0 atom stereocenters. The van der Waals surface area contributed by atoms with Gasteiger partial charge in [-0.25, -0.2) is 8.78 Å². The first kappa shape index (κ1) is 10.2. The van der Waals surface area contributed by atoms with Gasteiger partial charge in [0, 0.05) is 0 Å². The Morgan fingerprint density at radius 1 is 1.27 bits per heavy atom. The predicted octanol–water partition coefficient (Wildman–Crippen LogP) is 2.09. The van der Waals surface area contributed by atoms with Crippen molar-refractivity contribution in [1.82, 2.24) is 0 Å². The van der Waals surface area contributed by atoms with Crippen molar-refractivity contribution in [2.24, 2.45) is 5.41 Å². The van der Waals surface area contributed by atoms with E-state index in [1.165, 1.54) is 6.07 Å². The van der Waals surface area contributed by atoms with Crippen molar-refractivity contribution < 1.29 is 17.6 Å². The Bertz CT molecular complexity index is 147. The van der Waals surface area contributed by atoms with E-state index < -0.39 is 31.6 Å². The van der Waals surface area contributed by atoms with Crippen LogP contribution in [-0.2, 0) is 0 Å². The Hall–Kier alpha value is -0.790. The molecule has 0 aromatic heterocycles. The summed E-state index contributed by atoms with van der Waals surface area (Å²) in [4.78, 5) is 0. The molecule has 0 aliphatic rings. The third kappa shape index (κ3) is 2.07. The molecule has 0 aromatic carbocycles. The molecule has 0 spiro atoms. The summed E-state index contributed by atoms with van der Waals surface area (Å²) >= 11 is 0. The van der Waals surface area contributed by atoms with Crippen molar-refractivity contribution >= 4 is 0 Å².